The van der Waals surface area contributed by atoms with Crippen molar-refractivity contribution >= 4 is 11.6 Å². The largest absolute Gasteiger partial charge is 0.385 e. The van der Waals surface area contributed by atoms with Crippen molar-refractivity contribution in [1.29, 1.82) is 0 Å². The first-order valence-electron chi connectivity index (χ1n) is 20.5. The van der Waals surface area contributed by atoms with E-state index in [2.05, 4.69) is 6.92 Å². The van der Waals surface area contributed by atoms with Gasteiger partial charge in [-0.3, -0.25) is 9.59 Å². The first-order valence-corrected chi connectivity index (χ1v) is 20.5. The predicted molar refractivity (Wildman–Crippen MR) is 213 cm³/mol. The zero-order valence-electron chi connectivity index (χ0n) is 32.4. The molecule has 0 bridgehead atoms. The summed E-state index contributed by atoms with van der Waals surface area (Å²) >= 11 is 0. The second-order valence-corrected chi connectivity index (χ2v) is 16.1. The smallest absolute Gasteiger partial charge is 0.193 e. The van der Waals surface area contributed by atoms with Crippen LogP contribution in [0.25, 0.3) is 0 Å². The minimum absolute atomic E-state index is 0.0933. The Balaban J connectivity index is 0.000000236. The number of benzene rings is 3. The van der Waals surface area contributed by atoms with E-state index in [1.165, 1.54) is 83.6 Å². The van der Waals surface area contributed by atoms with Gasteiger partial charge in [-0.25, -0.2) is 0 Å². The first kappa shape index (κ1) is 41.6. The standard InChI is InChI=1S/C25H30O3.C22H36O2/c26-23(19-11-3-5-13-21(19)24(27)15-7-1-8-16-24)20-12-4-6-14-22(20)25(28)17-9-2-10-18-25;1-4-5-6-7-8-9-10-11-12-13-14-19-15-17-20(18-16-19)21(23)22(2,3)24/h3-6,11-14,27-28H,1-2,7-10,15-18H2;15-18,24H,4-14H2,1-3H3. The highest BCUT2D eigenvalue weighted by atomic mass is 16.3. The molecule has 2 fully saturated rings. The number of hydrogen-bond acceptors (Lipinski definition) is 5. The molecule has 3 aromatic rings. The van der Waals surface area contributed by atoms with Gasteiger partial charge in [-0.2, -0.15) is 0 Å². The number of unbranched alkanes of at least 4 members (excludes halogenated alkanes) is 9. The lowest BCUT2D eigenvalue weighted by Crippen LogP contribution is -2.32. The zero-order valence-corrected chi connectivity index (χ0v) is 32.4. The molecule has 3 aromatic carbocycles. The summed E-state index contributed by atoms with van der Waals surface area (Å²) in [5.74, 6) is -0.308. The van der Waals surface area contributed by atoms with Gasteiger partial charge in [0.25, 0.3) is 0 Å². The van der Waals surface area contributed by atoms with E-state index in [1.54, 1.807) is 0 Å². The zero-order chi connectivity index (χ0) is 37.5. The fourth-order valence-electron chi connectivity index (χ4n) is 8.12. The molecule has 52 heavy (non-hydrogen) atoms. The lowest BCUT2D eigenvalue weighted by atomic mass is 9.74. The molecule has 3 N–H and O–H groups in total. The van der Waals surface area contributed by atoms with Gasteiger partial charge in [0.2, 0.25) is 0 Å². The Morgan fingerprint density at radius 1 is 0.577 bits per heavy atom. The van der Waals surface area contributed by atoms with Gasteiger partial charge in [0, 0.05) is 16.7 Å². The number of carbonyl (C=O) groups excluding carboxylic acids is 2. The second-order valence-electron chi connectivity index (χ2n) is 16.1. The van der Waals surface area contributed by atoms with Gasteiger partial charge in [0.1, 0.15) is 5.60 Å². The maximum atomic E-state index is 13.6. The number of aryl methyl sites for hydroxylation is 1. The summed E-state index contributed by atoms with van der Waals surface area (Å²) in [6.07, 6.45) is 23.6. The number of ketones is 2. The van der Waals surface area contributed by atoms with E-state index in [0.717, 1.165) is 56.1 Å². The highest BCUT2D eigenvalue weighted by Gasteiger charge is 2.37. The summed E-state index contributed by atoms with van der Waals surface area (Å²) in [4.78, 5) is 25.6. The molecular weight excluding hydrogens is 645 g/mol. The molecule has 0 heterocycles. The van der Waals surface area contributed by atoms with Crippen LogP contribution < -0.4 is 0 Å². The fourth-order valence-corrected chi connectivity index (χ4v) is 8.12. The number of rotatable bonds is 17. The van der Waals surface area contributed by atoms with Crippen LogP contribution in [0.3, 0.4) is 0 Å². The summed E-state index contributed by atoms with van der Waals surface area (Å²) in [6, 6.07) is 22.7. The minimum atomic E-state index is -1.29. The first-order chi connectivity index (χ1) is 25.0. The molecule has 0 spiro atoms. The van der Waals surface area contributed by atoms with Crippen LogP contribution >= 0.6 is 0 Å². The molecular formula is C47H66O5. The Kier molecular flexibility index (Phi) is 16.3. The Bertz CT molecular complexity index is 1450. The third-order valence-corrected chi connectivity index (χ3v) is 11.3. The topological polar surface area (TPSA) is 94.8 Å². The highest BCUT2D eigenvalue weighted by molar-refractivity contribution is 6.11. The lowest BCUT2D eigenvalue weighted by molar-refractivity contribution is -0.00188. The van der Waals surface area contributed by atoms with Crippen molar-refractivity contribution in [2.75, 3.05) is 0 Å². The molecule has 5 nitrogen and oxygen atoms in total. The predicted octanol–water partition coefficient (Wildman–Crippen LogP) is 11.3. The summed E-state index contributed by atoms with van der Waals surface area (Å²) in [6.45, 7) is 5.33. The van der Waals surface area contributed by atoms with Gasteiger partial charge in [-0.05, 0) is 69.1 Å². The maximum absolute atomic E-state index is 13.6. The van der Waals surface area contributed by atoms with Crippen molar-refractivity contribution in [2.45, 2.75) is 172 Å². The molecule has 284 valence electrons. The van der Waals surface area contributed by atoms with Crippen LogP contribution in [-0.4, -0.2) is 32.5 Å². The Hall–Kier alpha value is -3.12. The number of Topliss-reactive ketones (excluding diaryl/α,β-unsaturated/α-hetero) is 1. The van der Waals surface area contributed by atoms with Gasteiger partial charge >= 0.3 is 0 Å². The molecule has 0 atom stereocenters. The Morgan fingerprint density at radius 3 is 1.40 bits per heavy atom. The molecule has 0 saturated heterocycles. The molecule has 0 aromatic heterocycles. The number of aliphatic hydroxyl groups is 3. The number of hydrogen-bond donors (Lipinski definition) is 3. The van der Waals surface area contributed by atoms with Crippen LogP contribution in [0.2, 0.25) is 0 Å². The van der Waals surface area contributed by atoms with E-state index in [0.29, 0.717) is 42.4 Å². The normalized spacial score (nSPS) is 16.8. The van der Waals surface area contributed by atoms with Crippen molar-refractivity contribution in [3.63, 3.8) is 0 Å². The van der Waals surface area contributed by atoms with E-state index < -0.39 is 16.8 Å². The van der Waals surface area contributed by atoms with Crippen LogP contribution in [-0.2, 0) is 17.6 Å². The maximum Gasteiger partial charge on any atom is 0.193 e. The fraction of sp³-hybridized carbons (Fsp3) is 0.574. The monoisotopic (exact) mass is 710 g/mol. The van der Waals surface area contributed by atoms with Gasteiger partial charge in [-0.1, -0.05) is 176 Å². The molecule has 2 aliphatic rings. The SMILES string of the molecule is CCCCCCCCCCCCc1ccc(C(=O)C(C)(C)O)cc1.O=C(c1ccccc1C1(O)CCCCC1)c1ccccc1C1(O)CCCCC1. The van der Waals surface area contributed by atoms with E-state index in [1.807, 2.05) is 72.8 Å². The van der Waals surface area contributed by atoms with Crippen molar-refractivity contribution in [2.24, 2.45) is 0 Å². The van der Waals surface area contributed by atoms with Gasteiger partial charge in [-0.15, -0.1) is 0 Å². The average molecular weight is 711 g/mol. The molecule has 0 unspecified atom stereocenters. The molecule has 2 saturated carbocycles. The summed E-state index contributed by atoms with van der Waals surface area (Å²) in [5.41, 5.74) is 1.34. The average Bonchev–Trinajstić information content (AvgIpc) is 3.16. The van der Waals surface area contributed by atoms with Crippen LogP contribution in [0.15, 0.2) is 72.8 Å². The van der Waals surface area contributed by atoms with E-state index >= 15 is 0 Å². The molecule has 0 radical (unpaired) electrons. The third-order valence-electron chi connectivity index (χ3n) is 11.3. The van der Waals surface area contributed by atoms with Crippen molar-refractivity contribution in [3.8, 4) is 0 Å². The molecule has 0 aliphatic heterocycles. The van der Waals surface area contributed by atoms with Crippen LogP contribution in [0.4, 0.5) is 0 Å². The quantitative estimate of drug-likeness (QED) is 0.0957. The van der Waals surface area contributed by atoms with Crippen molar-refractivity contribution < 1.29 is 24.9 Å². The van der Waals surface area contributed by atoms with E-state index in [9.17, 15) is 24.9 Å². The number of carbonyl (C=O) groups is 2. The van der Waals surface area contributed by atoms with Gasteiger partial charge in [0.15, 0.2) is 11.6 Å². The van der Waals surface area contributed by atoms with E-state index in [-0.39, 0.29) is 11.6 Å². The molecule has 5 heteroatoms. The molecule has 2 aliphatic carbocycles. The summed E-state index contributed by atoms with van der Waals surface area (Å²) in [7, 11) is 0. The molecule has 5 rings (SSSR count). The minimum Gasteiger partial charge on any atom is -0.385 e. The summed E-state index contributed by atoms with van der Waals surface area (Å²) < 4.78 is 0. The highest BCUT2D eigenvalue weighted by Crippen LogP contribution is 2.42. The Morgan fingerprint density at radius 2 is 0.981 bits per heavy atom. The van der Waals surface area contributed by atoms with Crippen LogP contribution in [0.5, 0.6) is 0 Å². The van der Waals surface area contributed by atoms with Crippen molar-refractivity contribution in [1.82, 2.24) is 0 Å². The second kappa shape index (κ2) is 20.4. The van der Waals surface area contributed by atoms with Gasteiger partial charge in [0.05, 0.1) is 11.2 Å². The van der Waals surface area contributed by atoms with Gasteiger partial charge < -0.3 is 15.3 Å². The summed E-state index contributed by atoms with van der Waals surface area (Å²) in [5, 5.41) is 32.3. The van der Waals surface area contributed by atoms with Crippen LogP contribution in [0, 0.1) is 0 Å². The van der Waals surface area contributed by atoms with E-state index in [4.69, 9.17) is 0 Å². The Labute approximate surface area is 314 Å². The van der Waals surface area contributed by atoms with Crippen molar-refractivity contribution in [3.05, 3.63) is 106 Å². The molecule has 0 amide bonds. The van der Waals surface area contributed by atoms with Crippen LogP contribution in [0.1, 0.15) is 192 Å². The third kappa shape index (κ3) is 11.9. The lowest BCUT2D eigenvalue weighted by Gasteiger charge is -2.35.